The van der Waals surface area contributed by atoms with Crippen molar-refractivity contribution >= 4 is 12.4 Å². The van der Waals surface area contributed by atoms with E-state index in [1.165, 1.54) is 0 Å². The van der Waals surface area contributed by atoms with Crippen molar-refractivity contribution in [2.75, 3.05) is 6.54 Å². The average molecular weight is 232 g/mol. The fourth-order valence-corrected chi connectivity index (χ4v) is 1.87. The van der Waals surface area contributed by atoms with Crippen molar-refractivity contribution in [1.82, 2.24) is 5.32 Å². The van der Waals surface area contributed by atoms with Crippen LogP contribution in [0.5, 0.6) is 5.75 Å². The molecule has 1 aliphatic rings. The molecule has 0 spiro atoms. The molecule has 1 aromatic rings. The van der Waals surface area contributed by atoms with Crippen molar-refractivity contribution in [3.8, 4) is 5.75 Å². The van der Waals surface area contributed by atoms with E-state index in [0.29, 0.717) is 19.4 Å². The smallest absolute Gasteiger partial charge is 0.115 e. The number of nitrogens with one attached hydrogen (secondary N) is 1. The molecule has 0 bridgehead atoms. The summed E-state index contributed by atoms with van der Waals surface area (Å²) in [5.41, 5.74) is 0.965. The van der Waals surface area contributed by atoms with Gasteiger partial charge in [0.15, 0.2) is 0 Å². The molecule has 84 valence electrons. The second kappa shape index (κ2) is 5.33. The van der Waals surface area contributed by atoms with Crippen LogP contribution in [0.2, 0.25) is 0 Å². The van der Waals surface area contributed by atoms with E-state index in [4.69, 9.17) is 0 Å². The fraction of sp³-hybridized carbons (Fsp3) is 0.455. The zero-order valence-corrected chi connectivity index (χ0v) is 9.14. The molecule has 2 atom stereocenters. The van der Waals surface area contributed by atoms with Crippen LogP contribution < -0.4 is 5.32 Å². The third-order valence-corrected chi connectivity index (χ3v) is 2.61. The first-order chi connectivity index (χ1) is 6.75. The zero-order valence-electron chi connectivity index (χ0n) is 8.32. The van der Waals surface area contributed by atoms with Crippen molar-refractivity contribution in [2.45, 2.75) is 25.1 Å². The predicted molar refractivity (Wildman–Crippen MR) is 60.2 cm³/mol. The predicted octanol–water partition coefficient (Wildman–Crippen LogP) is 2.58. The van der Waals surface area contributed by atoms with Gasteiger partial charge in [-0.05, 0) is 37.1 Å². The summed E-state index contributed by atoms with van der Waals surface area (Å²) in [4.78, 5) is 0. The van der Waals surface area contributed by atoms with Crippen LogP contribution >= 0.6 is 12.4 Å². The van der Waals surface area contributed by atoms with Crippen LogP contribution in [0.25, 0.3) is 0 Å². The highest BCUT2D eigenvalue weighted by Gasteiger charge is 2.22. The van der Waals surface area contributed by atoms with Crippen LogP contribution in [0, 0.1) is 0 Å². The Kier molecular flexibility index (Phi) is 4.36. The van der Waals surface area contributed by atoms with E-state index in [1.54, 1.807) is 18.2 Å². The number of piperidine rings is 1. The fourth-order valence-electron chi connectivity index (χ4n) is 1.87. The van der Waals surface area contributed by atoms with Gasteiger partial charge in [0, 0.05) is 6.04 Å². The van der Waals surface area contributed by atoms with Gasteiger partial charge in [-0.15, -0.1) is 12.4 Å². The number of aromatic hydroxyl groups is 1. The van der Waals surface area contributed by atoms with Gasteiger partial charge >= 0.3 is 0 Å². The number of alkyl halides is 1. The Morgan fingerprint density at radius 2 is 2.20 bits per heavy atom. The normalized spacial score (nSPS) is 25.7. The zero-order chi connectivity index (χ0) is 9.97. The lowest BCUT2D eigenvalue weighted by molar-refractivity contribution is 0.224. The van der Waals surface area contributed by atoms with Crippen molar-refractivity contribution < 1.29 is 9.50 Å². The quantitative estimate of drug-likeness (QED) is 0.779. The second-order valence-electron chi connectivity index (χ2n) is 3.72. The summed E-state index contributed by atoms with van der Waals surface area (Å²) in [6.45, 7) is 0.710. The molecule has 15 heavy (non-hydrogen) atoms. The highest BCUT2D eigenvalue weighted by atomic mass is 35.5. The van der Waals surface area contributed by atoms with Crippen LogP contribution in [0.4, 0.5) is 4.39 Å². The summed E-state index contributed by atoms with van der Waals surface area (Å²) >= 11 is 0. The summed E-state index contributed by atoms with van der Waals surface area (Å²) in [6.07, 6.45) is 0.377. The van der Waals surface area contributed by atoms with Crippen LogP contribution in [-0.2, 0) is 0 Å². The first kappa shape index (κ1) is 12.3. The van der Waals surface area contributed by atoms with Crippen molar-refractivity contribution in [3.05, 3.63) is 29.8 Å². The largest absolute Gasteiger partial charge is 0.508 e. The lowest BCUT2D eigenvalue weighted by atomic mass is 9.96. The molecule has 0 saturated carbocycles. The molecular weight excluding hydrogens is 217 g/mol. The monoisotopic (exact) mass is 231 g/mol. The van der Waals surface area contributed by atoms with Crippen LogP contribution in [0.1, 0.15) is 24.4 Å². The van der Waals surface area contributed by atoms with Crippen LogP contribution in [0.3, 0.4) is 0 Å². The molecule has 0 amide bonds. The Labute approximate surface area is 94.9 Å². The number of phenolic OH excluding ortho intramolecular Hbond substituents is 1. The van der Waals surface area contributed by atoms with Gasteiger partial charge in [-0.2, -0.15) is 0 Å². The van der Waals surface area contributed by atoms with Crippen molar-refractivity contribution in [1.29, 1.82) is 0 Å². The van der Waals surface area contributed by atoms with Crippen LogP contribution in [0.15, 0.2) is 24.3 Å². The molecule has 1 aliphatic heterocycles. The van der Waals surface area contributed by atoms with E-state index >= 15 is 0 Å². The number of hydrogen-bond acceptors (Lipinski definition) is 2. The molecule has 1 saturated heterocycles. The number of phenols is 1. The minimum absolute atomic E-state index is 0. The summed E-state index contributed by atoms with van der Waals surface area (Å²) in [6, 6.07) is 7.06. The van der Waals surface area contributed by atoms with Crippen LogP contribution in [-0.4, -0.2) is 17.8 Å². The molecule has 1 aromatic carbocycles. The SMILES string of the molecule is Cl.Oc1cccc(C2CC(F)CCN2)c1. The Hall–Kier alpha value is -0.800. The number of benzene rings is 1. The number of rotatable bonds is 1. The first-order valence-electron chi connectivity index (χ1n) is 4.92. The van der Waals surface area contributed by atoms with Gasteiger partial charge in [0.25, 0.3) is 0 Å². The highest BCUT2D eigenvalue weighted by Crippen LogP contribution is 2.26. The Morgan fingerprint density at radius 3 is 2.87 bits per heavy atom. The molecular formula is C11H15ClFNO. The van der Waals surface area contributed by atoms with E-state index in [9.17, 15) is 9.50 Å². The molecule has 2 N–H and O–H groups in total. The molecule has 1 heterocycles. The third-order valence-electron chi connectivity index (χ3n) is 2.61. The summed E-state index contributed by atoms with van der Waals surface area (Å²) in [5.74, 6) is 0.241. The summed E-state index contributed by atoms with van der Waals surface area (Å²) in [5, 5.41) is 12.5. The van der Waals surface area contributed by atoms with Gasteiger partial charge in [-0.3, -0.25) is 0 Å². The van der Waals surface area contributed by atoms with Gasteiger partial charge in [0.2, 0.25) is 0 Å². The van der Waals surface area contributed by atoms with Gasteiger partial charge in [-0.25, -0.2) is 4.39 Å². The van der Waals surface area contributed by atoms with Gasteiger partial charge in [0.05, 0.1) is 0 Å². The van der Waals surface area contributed by atoms with Crippen molar-refractivity contribution in [3.63, 3.8) is 0 Å². The van der Waals surface area contributed by atoms with E-state index in [0.717, 1.165) is 5.56 Å². The number of hydrogen-bond donors (Lipinski definition) is 2. The molecule has 2 unspecified atom stereocenters. The first-order valence-corrected chi connectivity index (χ1v) is 4.92. The molecule has 1 fully saturated rings. The minimum Gasteiger partial charge on any atom is -0.508 e. The number of halogens is 2. The topological polar surface area (TPSA) is 32.3 Å². The Morgan fingerprint density at radius 1 is 1.40 bits per heavy atom. The molecule has 0 aromatic heterocycles. The Bertz CT molecular complexity index is 321. The van der Waals surface area contributed by atoms with E-state index in [1.807, 2.05) is 6.07 Å². The third kappa shape index (κ3) is 3.08. The standard InChI is InChI=1S/C11H14FNO.ClH/c12-9-4-5-13-11(7-9)8-2-1-3-10(14)6-8;/h1-3,6,9,11,13-14H,4-5,7H2;1H. The molecule has 2 rings (SSSR count). The molecule has 0 radical (unpaired) electrons. The van der Waals surface area contributed by atoms with Crippen molar-refractivity contribution in [2.24, 2.45) is 0 Å². The Balaban J connectivity index is 0.00000112. The highest BCUT2D eigenvalue weighted by molar-refractivity contribution is 5.85. The molecule has 2 nitrogen and oxygen atoms in total. The minimum atomic E-state index is -0.719. The maximum Gasteiger partial charge on any atom is 0.115 e. The summed E-state index contributed by atoms with van der Waals surface area (Å²) < 4.78 is 13.1. The van der Waals surface area contributed by atoms with E-state index in [-0.39, 0.29) is 24.2 Å². The van der Waals surface area contributed by atoms with E-state index < -0.39 is 6.17 Å². The molecule has 0 aliphatic carbocycles. The van der Waals surface area contributed by atoms with E-state index in [2.05, 4.69) is 5.32 Å². The van der Waals surface area contributed by atoms with Gasteiger partial charge in [0.1, 0.15) is 11.9 Å². The average Bonchev–Trinajstić information content (AvgIpc) is 2.18. The maximum atomic E-state index is 13.1. The van der Waals surface area contributed by atoms with Gasteiger partial charge in [-0.1, -0.05) is 12.1 Å². The second-order valence-corrected chi connectivity index (χ2v) is 3.72. The van der Waals surface area contributed by atoms with Gasteiger partial charge < -0.3 is 10.4 Å². The molecule has 4 heteroatoms. The lowest BCUT2D eigenvalue weighted by Gasteiger charge is -2.26. The lowest BCUT2D eigenvalue weighted by Crippen LogP contribution is -2.32. The summed E-state index contributed by atoms with van der Waals surface area (Å²) in [7, 11) is 0. The maximum absolute atomic E-state index is 13.1.